The highest BCUT2D eigenvalue weighted by Gasteiger charge is 2.17. The van der Waals surface area contributed by atoms with Crippen LogP contribution in [-0.4, -0.2) is 35.4 Å². The van der Waals surface area contributed by atoms with Gasteiger partial charge in [-0.1, -0.05) is 0 Å². The van der Waals surface area contributed by atoms with Gasteiger partial charge in [0.15, 0.2) is 0 Å². The SMILES string of the molecule is NCCc1nc(CC(=O)N2CCCCC2)cs1. The van der Waals surface area contributed by atoms with Gasteiger partial charge in [-0.15, -0.1) is 11.3 Å². The third-order valence-electron chi connectivity index (χ3n) is 3.00. The minimum absolute atomic E-state index is 0.217. The minimum atomic E-state index is 0.217. The van der Waals surface area contributed by atoms with Crippen LogP contribution in [0.2, 0.25) is 0 Å². The fourth-order valence-electron chi connectivity index (χ4n) is 2.08. The number of piperidine rings is 1. The van der Waals surface area contributed by atoms with Gasteiger partial charge in [-0.3, -0.25) is 4.79 Å². The lowest BCUT2D eigenvalue weighted by atomic mass is 10.1. The summed E-state index contributed by atoms with van der Waals surface area (Å²) in [6.07, 6.45) is 4.78. The lowest BCUT2D eigenvalue weighted by Gasteiger charge is -2.26. The summed E-state index contributed by atoms with van der Waals surface area (Å²) in [5.41, 5.74) is 6.38. The Morgan fingerprint density at radius 3 is 2.88 bits per heavy atom. The predicted octanol–water partition coefficient (Wildman–Crippen LogP) is 1.20. The van der Waals surface area contributed by atoms with Crippen LogP contribution in [0.25, 0.3) is 0 Å². The summed E-state index contributed by atoms with van der Waals surface area (Å²) < 4.78 is 0. The van der Waals surface area contributed by atoms with E-state index in [4.69, 9.17) is 5.73 Å². The van der Waals surface area contributed by atoms with Crippen molar-refractivity contribution in [2.45, 2.75) is 32.1 Å². The summed E-state index contributed by atoms with van der Waals surface area (Å²) in [5, 5.41) is 3.02. The number of rotatable bonds is 4. The number of amides is 1. The van der Waals surface area contributed by atoms with Gasteiger partial charge in [0.2, 0.25) is 5.91 Å². The van der Waals surface area contributed by atoms with Crippen LogP contribution < -0.4 is 5.73 Å². The van der Waals surface area contributed by atoms with E-state index in [2.05, 4.69) is 4.98 Å². The Hall–Kier alpha value is -0.940. The smallest absolute Gasteiger partial charge is 0.228 e. The van der Waals surface area contributed by atoms with E-state index >= 15 is 0 Å². The third kappa shape index (κ3) is 3.51. The molecule has 0 radical (unpaired) electrons. The van der Waals surface area contributed by atoms with Crippen molar-refractivity contribution in [3.63, 3.8) is 0 Å². The second kappa shape index (κ2) is 6.12. The van der Waals surface area contributed by atoms with E-state index < -0.39 is 0 Å². The van der Waals surface area contributed by atoms with E-state index in [0.29, 0.717) is 13.0 Å². The van der Waals surface area contributed by atoms with Crippen molar-refractivity contribution in [3.05, 3.63) is 16.1 Å². The lowest BCUT2D eigenvalue weighted by molar-refractivity contribution is -0.131. The first-order chi connectivity index (χ1) is 8.29. The van der Waals surface area contributed by atoms with Crippen LogP contribution in [-0.2, 0) is 17.6 Å². The lowest BCUT2D eigenvalue weighted by Crippen LogP contribution is -2.36. The number of hydrogen-bond acceptors (Lipinski definition) is 4. The number of aromatic nitrogens is 1. The molecule has 0 saturated carbocycles. The van der Waals surface area contributed by atoms with E-state index in [0.717, 1.165) is 43.1 Å². The molecule has 0 aliphatic carbocycles. The summed E-state index contributed by atoms with van der Waals surface area (Å²) in [6, 6.07) is 0. The molecule has 94 valence electrons. The molecule has 2 N–H and O–H groups in total. The van der Waals surface area contributed by atoms with Crippen LogP contribution >= 0.6 is 11.3 Å². The summed E-state index contributed by atoms with van der Waals surface area (Å²) >= 11 is 1.60. The summed E-state index contributed by atoms with van der Waals surface area (Å²) in [7, 11) is 0. The van der Waals surface area contributed by atoms with Gasteiger partial charge in [-0.25, -0.2) is 4.98 Å². The van der Waals surface area contributed by atoms with Crippen LogP contribution in [0.15, 0.2) is 5.38 Å². The highest BCUT2D eigenvalue weighted by Crippen LogP contribution is 2.14. The van der Waals surface area contributed by atoms with Crippen molar-refractivity contribution >= 4 is 17.2 Å². The van der Waals surface area contributed by atoms with Gasteiger partial charge in [0.25, 0.3) is 0 Å². The van der Waals surface area contributed by atoms with Gasteiger partial charge in [0, 0.05) is 24.9 Å². The van der Waals surface area contributed by atoms with Crippen molar-refractivity contribution in [1.29, 1.82) is 0 Å². The number of carbonyl (C=O) groups is 1. The van der Waals surface area contributed by atoms with E-state index in [1.807, 2.05) is 10.3 Å². The molecular formula is C12H19N3OS. The molecule has 1 aliphatic heterocycles. The van der Waals surface area contributed by atoms with Gasteiger partial charge in [0.1, 0.15) is 0 Å². The molecule has 0 aromatic carbocycles. The maximum absolute atomic E-state index is 12.0. The average Bonchev–Trinajstić information content (AvgIpc) is 2.78. The molecule has 0 unspecified atom stereocenters. The number of hydrogen-bond donors (Lipinski definition) is 1. The van der Waals surface area contributed by atoms with Crippen molar-refractivity contribution in [2.24, 2.45) is 5.73 Å². The summed E-state index contributed by atoms with van der Waals surface area (Å²) in [6.45, 7) is 2.45. The zero-order valence-electron chi connectivity index (χ0n) is 10.0. The number of nitrogens with zero attached hydrogens (tertiary/aromatic N) is 2. The molecular weight excluding hydrogens is 234 g/mol. The Morgan fingerprint density at radius 1 is 1.41 bits per heavy atom. The normalized spacial score (nSPS) is 16.2. The fourth-order valence-corrected chi connectivity index (χ4v) is 2.89. The second-order valence-corrected chi connectivity index (χ2v) is 5.33. The first-order valence-corrected chi connectivity index (χ1v) is 7.08. The Morgan fingerprint density at radius 2 is 2.18 bits per heavy atom. The number of carbonyl (C=O) groups excluding carboxylic acids is 1. The number of nitrogens with two attached hydrogens (primary N) is 1. The van der Waals surface area contributed by atoms with E-state index in [1.54, 1.807) is 11.3 Å². The monoisotopic (exact) mass is 253 g/mol. The molecule has 0 spiro atoms. The number of thiazole rings is 1. The largest absolute Gasteiger partial charge is 0.342 e. The van der Waals surface area contributed by atoms with Crippen molar-refractivity contribution < 1.29 is 4.79 Å². The predicted molar refractivity (Wildman–Crippen MR) is 69.0 cm³/mol. The Labute approximate surface area is 106 Å². The van der Waals surface area contributed by atoms with Gasteiger partial charge in [-0.05, 0) is 25.8 Å². The van der Waals surface area contributed by atoms with Crippen molar-refractivity contribution in [1.82, 2.24) is 9.88 Å². The van der Waals surface area contributed by atoms with E-state index in [-0.39, 0.29) is 5.91 Å². The first-order valence-electron chi connectivity index (χ1n) is 6.20. The molecule has 2 heterocycles. The quantitative estimate of drug-likeness (QED) is 0.877. The summed E-state index contributed by atoms with van der Waals surface area (Å²) in [4.78, 5) is 18.4. The second-order valence-electron chi connectivity index (χ2n) is 4.39. The highest BCUT2D eigenvalue weighted by molar-refractivity contribution is 7.09. The molecule has 1 amide bonds. The molecule has 0 atom stereocenters. The molecule has 0 bridgehead atoms. The van der Waals surface area contributed by atoms with Crippen LogP contribution in [0.5, 0.6) is 0 Å². The highest BCUT2D eigenvalue weighted by atomic mass is 32.1. The van der Waals surface area contributed by atoms with Crippen LogP contribution in [0.4, 0.5) is 0 Å². The van der Waals surface area contributed by atoms with Crippen molar-refractivity contribution in [3.8, 4) is 0 Å². The van der Waals surface area contributed by atoms with Gasteiger partial charge >= 0.3 is 0 Å². The number of likely N-dealkylation sites (tertiary alicyclic amines) is 1. The summed E-state index contributed by atoms with van der Waals surface area (Å²) in [5.74, 6) is 0.217. The van der Waals surface area contributed by atoms with Crippen LogP contribution in [0.1, 0.15) is 30.0 Å². The standard InChI is InChI=1S/C12H19N3OS/c13-5-4-11-14-10(9-17-11)8-12(16)15-6-2-1-3-7-15/h9H,1-8,13H2. The zero-order valence-corrected chi connectivity index (χ0v) is 10.8. The van der Waals surface area contributed by atoms with Crippen molar-refractivity contribution in [2.75, 3.05) is 19.6 Å². The molecule has 4 nitrogen and oxygen atoms in total. The fraction of sp³-hybridized carbons (Fsp3) is 0.667. The average molecular weight is 253 g/mol. The Bertz CT molecular complexity index is 372. The van der Waals surface area contributed by atoms with Gasteiger partial charge in [0.05, 0.1) is 17.1 Å². The maximum atomic E-state index is 12.0. The van der Waals surface area contributed by atoms with Gasteiger partial charge in [-0.2, -0.15) is 0 Å². The molecule has 1 aromatic rings. The molecule has 1 aliphatic rings. The molecule has 2 rings (SSSR count). The third-order valence-corrected chi connectivity index (χ3v) is 3.96. The molecule has 17 heavy (non-hydrogen) atoms. The van der Waals surface area contributed by atoms with Gasteiger partial charge < -0.3 is 10.6 Å². The topological polar surface area (TPSA) is 59.2 Å². The zero-order chi connectivity index (χ0) is 12.1. The molecule has 1 fully saturated rings. The Kier molecular flexibility index (Phi) is 4.50. The molecule has 5 heteroatoms. The van der Waals surface area contributed by atoms with Crippen LogP contribution in [0, 0.1) is 0 Å². The Balaban J connectivity index is 1.88. The molecule has 1 aromatic heterocycles. The molecule has 1 saturated heterocycles. The van der Waals surface area contributed by atoms with Crippen LogP contribution in [0.3, 0.4) is 0 Å². The van der Waals surface area contributed by atoms with E-state index in [1.165, 1.54) is 6.42 Å². The minimum Gasteiger partial charge on any atom is -0.342 e. The maximum Gasteiger partial charge on any atom is 0.228 e. The first kappa shape index (κ1) is 12.5. The van der Waals surface area contributed by atoms with E-state index in [9.17, 15) is 4.79 Å².